The SMILES string of the molecule is Brc1ccsc1Cn1cncn1. The van der Waals surface area contributed by atoms with Gasteiger partial charge in [-0.05, 0) is 27.4 Å². The first-order chi connectivity index (χ1) is 5.86. The van der Waals surface area contributed by atoms with E-state index >= 15 is 0 Å². The maximum absolute atomic E-state index is 4.02. The first kappa shape index (κ1) is 7.94. The van der Waals surface area contributed by atoms with Gasteiger partial charge in [0.1, 0.15) is 12.7 Å². The van der Waals surface area contributed by atoms with Crippen LogP contribution in [-0.2, 0) is 6.54 Å². The molecule has 0 saturated heterocycles. The lowest BCUT2D eigenvalue weighted by Crippen LogP contribution is -1.97. The molecule has 0 atom stereocenters. The molecule has 2 aromatic heterocycles. The monoisotopic (exact) mass is 243 g/mol. The maximum atomic E-state index is 4.02. The van der Waals surface area contributed by atoms with E-state index in [-0.39, 0.29) is 0 Å². The summed E-state index contributed by atoms with van der Waals surface area (Å²) < 4.78 is 2.94. The lowest BCUT2D eigenvalue weighted by atomic mass is 10.5. The number of nitrogens with zero attached hydrogens (tertiary/aromatic N) is 3. The molecule has 0 aliphatic carbocycles. The fourth-order valence-corrected chi connectivity index (χ4v) is 2.37. The van der Waals surface area contributed by atoms with E-state index in [0.29, 0.717) is 0 Å². The third-order valence-electron chi connectivity index (χ3n) is 1.46. The van der Waals surface area contributed by atoms with Crippen LogP contribution in [-0.4, -0.2) is 14.8 Å². The second kappa shape index (κ2) is 3.37. The van der Waals surface area contributed by atoms with E-state index in [0.717, 1.165) is 11.0 Å². The molecule has 0 aliphatic rings. The van der Waals surface area contributed by atoms with E-state index in [1.54, 1.807) is 28.7 Å². The van der Waals surface area contributed by atoms with Gasteiger partial charge in [-0.1, -0.05) is 0 Å². The predicted octanol–water partition coefficient (Wildman–Crippen LogP) is 2.15. The Balaban J connectivity index is 2.20. The smallest absolute Gasteiger partial charge is 0.137 e. The van der Waals surface area contributed by atoms with Gasteiger partial charge in [0, 0.05) is 9.35 Å². The Morgan fingerprint density at radius 1 is 1.58 bits per heavy atom. The molecule has 3 nitrogen and oxygen atoms in total. The molecule has 62 valence electrons. The second-order valence-electron chi connectivity index (χ2n) is 2.28. The van der Waals surface area contributed by atoms with Gasteiger partial charge in [0.25, 0.3) is 0 Å². The molecule has 0 saturated carbocycles. The van der Waals surface area contributed by atoms with Crippen LogP contribution in [0.25, 0.3) is 0 Å². The molecule has 0 radical (unpaired) electrons. The summed E-state index contributed by atoms with van der Waals surface area (Å²) in [4.78, 5) is 5.14. The summed E-state index contributed by atoms with van der Waals surface area (Å²) in [5, 5.41) is 6.08. The molecule has 0 aliphatic heterocycles. The van der Waals surface area contributed by atoms with E-state index < -0.39 is 0 Å². The molecule has 0 unspecified atom stereocenters. The van der Waals surface area contributed by atoms with Gasteiger partial charge >= 0.3 is 0 Å². The van der Waals surface area contributed by atoms with Gasteiger partial charge in [0.05, 0.1) is 6.54 Å². The minimum absolute atomic E-state index is 0.790. The van der Waals surface area contributed by atoms with Crippen molar-refractivity contribution < 1.29 is 0 Å². The zero-order valence-corrected chi connectivity index (χ0v) is 8.55. The highest BCUT2D eigenvalue weighted by atomic mass is 79.9. The first-order valence-corrected chi connectivity index (χ1v) is 5.08. The summed E-state index contributed by atoms with van der Waals surface area (Å²) >= 11 is 5.17. The van der Waals surface area contributed by atoms with Crippen LogP contribution in [0.4, 0.5) is 0 Å². The summed E-state index contributed by atoms with van der Waals surface area (Å²) in [6, 6.07) is 2.04. The Labute approximate surface area is 82.2 Å². The van der Waals surface area contributed by atoms with Crippen molar-refractivity contribution in [3.8, 4) is 0 Å². The third-order valence-corrected chi connectivity index (χ3v) is 3.37. The minimum atomic E-state index is 0.790. The highest BCUT2D eigenvalue weighted by Crippen LogP contribution is 2.22. The van der Waals surface area contributed by atoms with E-state index in [1.807, 2.05) is 6.07 Å². The number of rotatable bonds is 2. The van der Waals surface area contributed by atoms with Crippen LogP contribution in [0.5, 0.6) is 0 Å². The van der Waals surface area contributed by atoms with Gasteiger partial charge in [-0.2, -0.15) is 5.10 Å². The highest BCUT2D eigenvalue weighted by Gasteiger charge is 2.01. The average molecular weight is 244 g/mol. The van der Waals surface area contributed by atoms with Gasteiger partial charge in [-0.3, -0.25) is 0 Å². The van der Waals surface area contributed by atoms with Crippen LogP contribution in [0, 0.1) is 0 Å². The molecule has 0 spiro atoms. The van der Waals surface area contributed by atoms with Crippen molar-refractivity contribution in [3.63, 3.8) is 0 Å². The largest absolute Gasteiger partial charge is 0.248 e. The summed E-state index contributed by atoms with van der Waals surface area (Å²) in [5.74, 6) is 0. The van der Waals surface area contributed by atoms with Crippen LogP contribution >= 0.6 is 27.3 Å². The first-order valence-electron chi connectivity index (χ1n) is 3.40. The van der Waals surface area contributed by atoms with Crippen molar-refractivity contribution in [2.75, 3.05) is 0 Å². The summed E-state index contributed by atoms with van der Waals surface area (Å²) in [6.07, 6.45) is 3.26. The topological polar surface area (TPSA) is 30.7 Å². The summed E-state index contributed by atoms with van der Waals surface area (Å²) in [5.41, 5.74) is 0. The van der Waals surface area contributed by atoms with Crippen LogP contribution < -0.4 is 0 Å². The molecule has 5 heteroatoms. The normalized spacial score (nSPS) is 10.4. The Morgan fingerprint density at radius 3 is 3.08 bits per heavy atom. The summed E-state index contributed by atoms with van der Waals surface area (Å²) in [6.45, 7) is 0.790. The fraction of sp³-hybridized carbons (Fsp3) is 0.143. The highest BCUT2D eigenvalue weighted by molar-refractivity contribution is 9.10. The van der Waals surface area contributed by atoms with Gasteiger partial charge in [-0.15, -0.1) is 11.3 Å². The molecule has 12 heavy (non-hydrogen) atoms. The molecule has 0 aromatic carbocycles. The van der Waals surface area contributed by atoms with Gasteiger partial charge in [0.2, 0.25) is 0 Å². The Hall–Kier alpha value is -0.680. The fourth-order valence-electron chi connectivity index (χ4n) is 0.899. The number of halogens is 1. The predicted molar refractivity (Wildman–Crippen MR) is 51.1 cm³/mol. The van der Waals surface area contributed by atoms with Crippen LogP contribution in [0.15, 0.2) is 28.6 Å². The Bertz CT molecular complexity index is 354. The maximum Gasteiger partial charge on any atom is 0.137 e. The average Bonchev–Trinajstić information content (AvgIpc) is 2.65. The molecular formula is C7H6BrN3S. The zero-order valence-electron chi connectivity index (χ0n) is 6.14. The Morgan fingerprint density at radius 2 is 2.50 bits per heavy atom. The molecule has 0 fully saturated rings. The van der Waals surface area contributed by atoms with Crippen molar-refractivity contribution in [3.05, 3.63) is 33.5 Å². The van der Waals surface area contributed by atoms with Crippen molar-refractivity contribution in [1.29, 1.82) is 0 Å². The van der Waals surface area contributed by atoms with E-state index in [1.165, 1.54) is 4.88 Å². The van der Waals surface area contributed by atoms with Crippen LogP contribution in [0.1, 0.15) is 4.88 Å². The lowest BCUT2D eigenvalue weighted by Gasteiger charge is -1.96. The zero-order chi connectivity index (χ0) is 8.39. The minimum Gasteiger partial charge on any atom is -0.248 e. The molecular weight excluding hydrogens is 238 g/mol. The third kappa shape index (κ3) is 1.56. The number of hydrogen-bond donors (Lipinski definition) is 0. The molecule has 2 heterocycles. The number of thiophene rings is 1. The molecule has 2 rings (SSSR count). The number of aromatic nitrogens is 3. The second-order valence-corrected chi connectivity index (χ2v) is 4.14. The van der Waals surface area contributed by atoms with Crippen molar-refractivity contribution >= 4 is 27.3 Å². The van der Waals surface area contributed by atoms with Gasteiger partial charge in [-0.25, -0.2) is 9.67 Å². The molecule has 0 amide bonds. The Kier molecular flexibility index (Phi) is 2.23. The van der Waals surface area contributed by atoms with E-state index in [4.69, 9.17) is 0 Å². The van der Waals surface area contributed by atoms with Crippen molar-refractivity contribution in [1.82, 2.24) is 14.8 Å². The molecule has 0 N–H and O–H groups in total. The lowest BCUT2D eigenvalue weighted by molar-refractivity contribution is 0.691. The van der Waals surface area contributed by atoms with E-state index in [9.17, 15) is 0 Å². The standard InChI is InChI=1S/C7H6BrN3S/c8-6-1-2-12-7(6)3-11-5-9-4-10-11/h1-2,4-5H,3H2. The van der Waals surface area contributed by atoms with E-state index in [2.05, 4.69) is 31.4 Å². The quantitative estimate of drug-likeness (QED) is 0.810. The molecule has 2 aromatic rings. The van der Waals surface area contributed by atoms with Gasteiger partial charge < -0.3 is 0 Å². The van der Waals surface area contributed by atoms with Crippen molar-refractivity contribution in [2.45, 2.75) is 6.54 Å². The van der Waals surface area contributed by atoms with Crippen LogP contribution in [0.3, 0.4) is 0 Å². The molecule has 0 bridgehead atoms. The summed E-state index contributed by atoms with van der Waals surface area (Å²) in [7, 11) is 0. The number of hydrogen-bond acceptors (Lipinski definition) is 3. The van der Waals surface area contributed by atoms with Crippen molar-refractivity contribution in [2.24, 2.45) is 0 Å². The van der Waals surface area contributed by atoms with Crippen LogP contribution in [0.2, 0.25) is 0 Å². The van der Waals surface area contributed by atoms with Gasteiger partial charge in [0.15, 0.2) is 0 Å².